The predicted octanol–water partition coefficient (Wildman–Crippen LogP) is 1.38. The lowest BCUT2D eigenvalue weighted by atomic mass is 9.75. The molecule has 0 N–H and O–H groups in total. The lowest BCUT2D eigenvalue weighted by Crippen LogP contribution is -2.43. The zero-order valence-corrected chi connectivity index (χ0v) is 14.0. The van der Waals surface area contributed by atoms with Crippen LogP contribution in [0.25, 0.3) is 0 Å². The highest BCUT2D eigenvalue weighted by atomic mass is 16.5. The van der Waals surface area contributed by atoms with Gasteiger partial charge in [-0.2, -0.15) is 0 Å². The molecule has 3 aliphatic rings. The van der Waals surface area contributed by atoms with Crippen molar-refractivity contribution in [2.45, 2.75) is 33.1 Å². The first-order valence-corrected chi connectivity index (χ1v) is 8.55. The van der Waals surface area contributed by atoms with Gasteiger partial charge in [-0.05, 0) is 31.1 Å². The maximum atomic E-state index is 12.9. The maximum Gasteiger partial charge on any atom is 0.231 e. The van der Waals surface area contributed by atoms with E-state index < -0.39 is 0 Å². The molecule has 3 rings (SSSR count). The number of carbonyl (C=O) groups is 2. The van der Waals surface area contributed by atoms with Gasteiger partial charge in [0, 0.05) is 39.2 Å². The van der Waals surface area contributed by atoms with E-state index in [9.17, 15) is 9.59 Å². The van der Waals surface area contributed by atoms with Crippen molar-refractivity contribution < 1.29 is 14.3 Å². The first kappa shape index (κ1) is 15.8. The summed E-state index contributed by atoms with van der Waals surface area (Å²) in [5.74, 6) is 1.66. The van der Waals surface area contributed by atoms with Crippen molar-refractivity contribution >= 4 is 11.8 Å². The minimum absolute atomic E-state index is 0.207. The molecule has 5 nitrogen and oxygen atoms in total. The Morgan fingerprint density at radius 1 is 1.36 bits per heavy atom. The van der Waals surface area contributed by atoms with Crippen LogP contribution >= 0.6 is 0 Å². The number of methoxy groups -OCH3 is 1. The molecule has 1 spiro atoms. The Labute approximate surface area is 133 Å². The van der Waals surface area contributed by atoms with Crippen LogP contribution < -0.4 is 0 Å². The summed E-state index contributed by atoms with van der Waals surface area (Å²) in [6, 6.07) is 0. The lowest BCUT2D eigenvalue weighted by molar-refractivity contribution is -0.140. The van der Waals surface area contributed by atoms with Crippen molar-refractivity contribution in [2.75, 3.05) is 39.9 Å². The molecule has 22 heavy (non-hydrogen) atoms. The molecule has 2 saturated heterocycles. The Bertz CT molecular complexity index is 461. The lowest BCUT2D eigenvalue weighted by Gasteiger charge is -2.34. The molecule has 2 heterocycles. The van der Waals surface area contributed by atoms with Crippen molar-refractivity contribution in [1.82, 2.24) is 9.80 Å². The van der Waals surface area contributed by atoms with Gasteiger partial charge in [0.1, 0.15) is 0 Å². The van der Waals surface area contributed by atoms with Crippen LogP contribution in [0.1, 0.15) is 33.1 Å². The number of likely N-dealkylation sites (tertiary alicyclic amines) is 2. The van der Waals surface area contributed by atoms with Crippen LogP contribution in [-0.4, -0.2) is 61.5 Å². The van der Waals surface area contributed by atoms with Crippen LogP contribution in [0.2, 0.25) is 0 Å². The van der Waals surface area contributed by atoms with E-state index in [1.807, 2.05) is 9.80 Å². The molecule has 3 fully saturated rings. The molecule has 5 heteroatoms. The molecule has 0 unspecified atom stereocenters. The van der Waals surface area contributed by atoms with E-state index in [1.165, 1.54) is 0 Å². The van der Waals surface area contributed by atoms with Gasteiger partial charge in [0.2, 0.25) is 11.8 Å². The molecule has 2 aliphatic heterocycles. The van der Waals surface area contributed by atoms with E-state index >= 15 is 0 Å². The van der Waals surface area contributed by atoms with Crippen molar-refractivity contribution in [3.05, 3.63) is 0 Å². The number of ether oxygens (including phenoxy) is 1. The molecule has 0 aromatic rings. The number of hydrogen-bond acceptors (Lipinski definition) is 3. The number of hydrogen-bond donors (Lipinski definition) is 0. The highest BCUT2D eigenvalue weighted by Gasteiger charge is 2.56. The number of carbonyl (C=O) groups excluding carboxylic acids is 2. The van der Waals surface area contributed by atoms with Crippen molar-refractivity contribution in [1.29, 1.82) is 0 Å². The monoisotopic (exact) mass is 308 g/mol. The molecule has 0 bridgehead atoms. The van der Waals surface area contributed by atoms with E-state index in [1.54, 1.807) is 7.11 Å². The average molecular weight is 308 g/mol. The van der Waals surface area contributed by atoms with Gasteiger partial charge in [0.25, 0.3) is 0 Å². The molecule has 2 atom stereocenters. The van der Waals surface area contributed by atoms with Crippen molar-refractivity contribution in [2.24, 2.45) is 23.2 Å². The van der Waals surface area contributed by atoms with Gasteiger partial charge in [-0.3, -0.25) is 9.59 Å². The molecule has 1 aliphatic carbocycles. The SMILES string of the molecule is COCCN1CC[C@]2(CN(C(=O)C3CC(C)C3)C[C@H]2C)C1=O. The van der Waals surface area contributed by atoms with Crippen LogP contribution in [0.15, 0.2) is 0 Å². The fourth-order valence-electron chi connectivity index (χ4n) is 4.47. The predicted molar refractivity (Wildman–Crippen MR) is 83.1 cm³/mol. The van der Waals surface area contributed by atoms with Crippen LogP contribution in [0.3, 0.4) is 0 Å². The van der Waals surface area contributed by atoms with E-state index in [2.05, 4.69) is 13.8 Å². The summed E-state index contributed by atoms with van der Waals surface area (Å²) in [5.41, 5.74) is -0.335. The molecule has 0 radical (unpaired) electrons. The van der Waals surface area contributed by atoms with Crippen molar-refractivity contribution in [3.63, 3.8) is 0 Å². The Morgan fingerprint density at radius 3 is 2.73 bits per heavy atom. The summed E-state index contributed by atoms with van der Waals surface area (Å²) in [7, 11) is 1.66. The summed E-state index contributed by atoms with van der Waals surface area (Å²) in [4.78, 5) is 29.3. The van der Waals surface area contributed by atoms with Crippen LogP contribution in [-0.2, 0) is 14.3 Å². The molecule has 124 valence electrons. The Balaban J connectivity index is 1.65. The zero-order chi connectivity index (χ0) is 15.9. The highest BCUT2D eigenvalue weighted by Crippen LogP contribution is 2.46. The Hall–Kier alpha value is -1.10. The van der Waals surface area contributed by atoms with E-state index in [4.69, 9.17) is 4.74 Å². The molecular formula is C17H28N2O3. The fourth-order valence-corrected chi connectivity index (χ4v) is 4.47. The molecule has 0 aromatic carbocycles. The largest absolute Gasteiger partial charge is 0.383 e. The second kappa shape index (κ2) is 5.84. The quantitative estimate of drug-likeness (QED) is 0.788. The number of rotatable bonds is 4. The van der Waals surface area contributed by atoms with Gasteiger partial charge >= 0.3 is 0 Å². The average Bonchev–Trinajstić information content (AvgIpc) is 2.96. The van der Waals surface area contributed by atoms with E-state index in [0.717, 1.165) is 32.4 Å². The fraction of sp³-hybridized carbons (Fsp3) is 0.882. The van der Waals surface area contributed by atoms with Gasteiger partial charge in [0.15, 0.2) is 0 Å². The normalized spacial score (nSPS) is 38.0. The smallest absolute Gasteiger partial charge is 0.231 e. The Morgan fingerprint density at radius 2 is 2.09 bits per heavy atom. The first-order valence-electron chi connectivity index (χ1n) is 8.55. The standard InChI is InChI=1S/C17H28N2O3/c1-12-8-14(9-12)15(20)19-10-13(2)17(11-19)4-5-18(16(17)21)6-7-22-3/h12-14H,4-11H2,1-3H3/t12?,13-,14?,17-/m1/s1. The van der Waals surface area contributed by atoms with Gasteiger partial charge in [0.05, 0.1) is 12.0 Å². The zero-order valence-electron chi connectivity index (χ0n) is 14.0. The highest BCUT2D eigenvalue weighted by molar-refractivity contribution is 5.88. The summed E-state index contributed by atoms with van der Waals surface area (Å²) < 4.78 is 5.09. The summed E-state index contributed by atoms with van der Waals surface area (Å²) in [6.45, 7) is 7.75. The number of amides is 2. The van der Waals surface area contributed by atoms with Crippen molar-refractivity contribution in [3.8, 4) is 0 Å². The van der Waals surface area contributed by atoms with E-state index in [-0.39, 0.29) is 29.1 Å². The Kier molecular flexibility index (Phi) is 4.19. The van der Waals surface area contributed by atoms with Gasteiger partial charge < -0.3 is 14.5 Å². The summed E-state index contributed by atoms with van der Waals surface area (Å²) >= 11 is 0. The minimum Gasteiger partial charge on any atom is -0.383 e. The van der Waals surface area contributed by atoms with Gasteiger partial charge in [-0.25, -0.2) is 0 Å². The van der Waals surface area contributed by atoms with Crippen LogP contribution in [0.5, 0.6) is 0 Å². The summed E-state index contributed by atoms with van der Waals surface area (Å²) in [5, 5.41) is 0. The molecule has 2 amide bonds. The van der Waals surface area contributed by atoms with E-state index in [0.29, 0.717) is 25.6 Å². The second-order valence-corrected chi connectivity index (χ2v) is 7.58. The topological polar surface area (TPSA) is 49.9 Å². The first-order chi connectivity index (χ1) is 10.5. The number of nitrogens with zero attached hydrogens (tertiary/aromatic N) is 2. The third kappa shape index (κ3) is 2.43. The maximum absolute atomic E-state index is 12.9. The third-order valence-corrected chi connectivity index (χ3v) is 6.05. The van der Waals surface area contributed by atoms with Gasteiger partial charge in [-0.15, -0.1) is 0 Å². The second-order valence-electron chi connectivity index (χ2n) is 7.58. The molecular weight excluding hydrogens is 280 g/mol. The molecule has 0 aromatic heterocycles. The minimum atomic E-state index is -0.335. The van der Waals surface area contributed by atoms with Crippen LogP contribution in [0, 0.1) is 23.2 Å². The summed E-state index contributed by atoms with van der Waals surface area (Å²) in [6.07, 6.45) is 2.91. The third-order valence-electron chi connectivity index (χ3n) is 6.05. The molecule has 1 saturated carbocycles. The van der Waals surface area contributed by atoms with Crippen LogP contribution in [0.4, 0.5) is 0 Å². The van der Waals surface area contributed by atoms with Gasteiger partial charge in [-0.1, -0.05) is 13.8 Å².